The van der Waals surface area contributed by atoms with Crippen LogP contribution in [0.15, 0.2) is 46.3 Å². The second-order valence-electron chi connectivity index (χ2n) is 4.11. The van der Waals surface area contributed by atoms with E-state index in [1.54, 1.807) is 13.0 Å². The van der Waals surface area contributed by atoms with E-state index in [-0.39, 0.29) is 18.2 Å². The van der Waals surface area contributed by atoms with Crippen molar-refractivity contribution in [3.63, 3.8) is 0 Å². The Labute approximate surface area is 137 Å². The summed E-state index contributed by atoms with van der Waals surface area (Å²) < 4.78 is 5.86. The molecule has 0 atom stereocenters. The lowest BCUT2D eigenvalue weighted by molar-refractivity contribution is -0.147. The highest BCUT2D eigenvalue weighted by Gasteiger charge is 2.16. The Kier molecular flexibility index (Phi) is 8.15. The van der Waals surface area contributed by atoms with Crippen molar-refractivity contribution in [2.24, 2.45) is 0 Å². The van der Waals surface area contributed by atoms with Crippen molar-refractivity contribution >= 4 is 39.6 Å². The Hall–Kier alpha value is -1.27. The van der Waals surface area contributed by atoms with Gasteiger partial charge < -0.3 is 9.64 Å². The van der Waals surface area contributed by atoms with Gasteiger partial charge in [0.05, 0.1) is 12.4 Å². The topological polar surface area (TPSA) is 46.6 Å². The van der Waals surface area contributed by atoms with E-state index >= 15 is 0 Å². The van der Waals surface area contributed by atoms with E-state index < -0.39 is 5.97 Å². The van der Waals surface area contributed by atoms with Crippen molar-refractivity contribution in [3.8, 4) is 0 Å². The average Bonchev–Trinajstić information content (AvgIpc) is 2.46. The zero-order valence-electron chi connectivity index (χ0n) is 11.9. The lowest BCUT2D eigenvalue weighted by Crippen LogP contribution is -2.37. The average molecular weight is 372 g/mol. The van der Waals surface area contributed by atoms with Gasteiger partial charge >= 0.3 is 5.97 Å². The Balaban J connectivity index is 2.53. The van der Waals surface area contributed by atoms with E-state index in [1.807, 2.05) is 24.3 Å². The van der Waals surface area contributed by atoms with Gasteiger partial charge in [-0.05, 0) is 31.2 Å². The lowest BCUT2D eigenvalue weighted by Gasteiger charge is -2.19. The summed E-state index contributed by atoms with van der Waals surface area (Å²) in [6, 6.07) is 7.72. The number of esters is 1. The molecule has 4 nitrogen and oxygen atoms in total. The molecule has 0 aliphatic rings. The molecule has 1 aromatic carbocycles. The molecule has 114 valence electrons. The highest BCUT2D eigenvalue weighted by Crippen LogP contribution is 2.20. The maximum atomic E-state index is 12.2. The van der Waals surface area contributed by atoms with Gasteiger partial charge in [0.15, 0.2) is 0 Å². The second-order valence-corrected chi connectivity index (χ2v) is 6.07. The first-order valence-electron chi connectivity index (χ1n) is 6.49. The quantitative estimate of drug-likeness (QED) is 0.400. The number of carbonyl (C=O) groups excluding carboxylic acids is 2. The molecular formula is C15H18BrNO3S. The van der Waals surface area contributed by atoms with Crippen LogP contribution in [0.25, 0.3) is 0 Å². The van der Waals surface area contributed by atoms with Crippen LogP contribution in [0.1, 0.15) is 6.92 Å². The first-order valence-corrected chi connectivity index (χ1v) is 8.27. The minimum absolute atomic E-state index is 0.0421. The fraction of sp³-hybridized carbons (Fsp3) is 0.333. The molecule has 21 heavy (non-hydrogen) atoms. The summed E-state index contributed by atoms with van der Waals surface area (Å²) >= 11 is 4.80. The van der Waals surface area contributed by atoms with Crippen LogP contribution in [0.2, 0.25) is 0 Å². The van der Waals surface area contributed by atoms with Gasteiger partial charge in [-0.2, -0.15) is 0 Å². The third-order valence-corrected chi connectivity index (χ3v) is 4.03. The van der Waals surface area contributed by atoms with E-state index in [0.29, 0.717) is 13.2 Å². The first kappa shape index (κ1) is 17.8. The molecule has 6 heteroatoms. The van der Waals surface area contributed by atoms with Crippen molar-refractivity contribution in [1.82, 2.24) is 4.90 Å². The summed E-state index contributed by atoms with van der Waals surface area (Å²) in [4.78, 5) is 26.1. The van der Waals surface area contributed by atoms with Gasteiger partial charge in [0, 0.05) is 15.9 Å². The molecule has 0 radical (unpaired) electrons. The smallest absolute Gasteiger partial charge is 0.325 e. The number of amides is 1. The fourth-order valence-electron chi connectivity index (χ4n) is 1.54. The summed E-state index contributed by atoms with van der Waals surface area (Å²) in [5.74, 6) is -0.244. The van der Waals surface area contributed by atoms with Gasteiger partial charge in [-0.25, -0.2) is 0 Å². The molecule has 0 spiro atoms. The van der Waals surface area contributed by atoms with Crippen LogP contribution in [0, 0.1) is 0 Å². The van der Waals surface area contributed by atoms with Gasteiger partial charge in [-0.3, -0.25) is 9.59 Å². The highest BCUT2D eigenvalue weighted by molar-refractivity contribution is 9.10. The predicted molar refractivity (Wildman–Crippen MR) is 88.3 cm³/mol. The zero-order valence-corrected chi connectivity index (χ0v) is 14.3. The normalized spacial score (nSPS) is 10.0. The fourth-order valence-corrected chi connectivity index (χ4v) is 2.61. The van der Waals surface area contributed by atoms with Crippen LogP contribution >= 0.6 is 27.7 Å². The van der Waals surface area contributed by atoms with E-state index in [0.717, 1.165) is 9.37 Å². The van der Waals surface area contributed by atoms with Gasteiger partial charge in [0.1, 0.15) is 6.54 Å². The number of hydrogen-bond donors (Lipinski definition) is 0. The SMILES string of the molecule is C=CCN(CC(=O)OCC)C(=O)CSc1ccc(Br)cc1. The Morgan fingerprint density at radius 1 is 1.38 bits per heavy atom. The molecule has 0 aromatic heterocycles. The van der Waals surface area contributed by atoms with Crippen LogP contribution < -0.4 is 0 Å². The molecule has 0 unspecified atom stereocenters. The molecule has 0 N–H and O–H groups in total. The van der Waals surface area contributed by atoms with Crippen LogP contribution in [0.3, 0.4) is 0 Å². The number of rotatable bonds is 8. The Morgan fingerprint density at radius 3 is 2.62 bits per heavy atom. The minimum Gasteiger partial charge on any atom is -0.465 e. The van der Waals surface area contributed by atoms with Crippen molar-refractivity contribution in [2.45, 2.75) is 11.8 Å². The maximum absolute atomic E-state index is 12.2. The van der Waals surface area contributed by atoms with Crippen molar-refractivity contribution < 1.29 is 14.3 Å². The van der Waals surface area contributed by atoms with Gasteiger partial charge in [0.25, 0.3) is 0 Å². The van der Waals surface area contributed by atoms with E-state index in [4.69, 9.17) is 4.74 Å². The molecular weight excluding hydrogens is 354 g/mol. The number of halogens is 1. The highest BCUT2D eigenvalue weighted by atomic mass is 79.9. The number of benzene rings is 1. The van der Waals surface area contributed by atoms with E-state index in [1.165, 1.54) is 16.7 Å². The summed E-state index contributed by atoms with van der Waals surface area (Å²) in [6.45, 7) is 5.94. The molecule has 0 heterocycles. The Morgan fingerprint density at radius 2 is 2.05 bits per heavy atom. The molecule has 0 aliphatic heterocycles. The van der Waals surface area contributed by atoms with E-state index in [2.05, 4.69) is 22.5 Å². The van der Waals surface area contributed by atoms with Crippen LogP contribution in [-0.4, -0.2) is 42.2 Å². The summed E-state index contributed by atoms with van der Waals surface area (Å²) in [6.07, 6.45) is 1.60. The molecule has 0 saturated heterocycles. The standard InChI is InChI=1S/C15H18BrNO3S/c1-3-9-17(10-15(19)20-4-2)14(18)11-21-13-7-5-12(16)6-8-13/h3,5-8H,1,4,9-11H2,2H3. The number of nitrogens with zero attached hydrogens (tertiary/aromatic N) is 1. The second kappa shape index (κ2) is 9.63. The third-order valence-electron chi connectivity index (χ3n) is 2.50. The monoisotopic (exact) mass is 371 g/mol. The molecule has 0 saturated carbocycles. The molecule has 1 amide bonds. The number of carbonyl (C=O) groups is 2. The number of thioether (sulfide) groups is 1. The number of ether oxygens (including phenoxy) is 1. The first-order chi connectivity index (χ1) is 10.1. The van der Waals surface area contributed by atoms with E-state index in [9.17, 15) is 9.59 Å². The summed E-state index contributed by atoms with van der Waals surface area (Å²) in [5, 5.41) is 0. The van der Waals surface area contributed by atoms with Crippen molar-refractivity contribution in [3.05, 3.63) is 41.4 Å². The van der Waals surface area contributed by atoms with Gasteiger partial charge in [-0.15, -0.1) is 18.3 Å². The largest absolute Gasteiger partial charge is 0.465 e. The molecule has 1 rings (SSSR count). The van der Waals surface area contributed by atoms with Crippen molar-refractivity contribution in [1.29, 1.82) is 0 Å². The third kappa shape index (κ3) is 6.82. The molecule has 0 bridgehead atoms. The Bertz CT molecular complexity index is 490. The summed E-state index contributed by atoms with van der Waals surface area (Å²) in [7, 11) is 0. The molecule has 0 fully saturated rings. The minimum atomic E-state index is -0.402. The van der Waals surface area contributed by atoms with Gasteiger partial charge in [-0.1, -0.05) is 22.0 Å². The van der Waals surface area contributed by atoms with Crippen LogP contribution in [-0.2, 0) is 14.3 Å². The lowest BCUT2D eigenvalue weighted by atomic mass is 10.4. The van der Waals surface area contributed by atoms with Crippen LogP contribution in [0.4, 0.5) is 0 Å². The number of hydrogen-bond acceptors (Lipinski definition) is 4. The predicted octanol–water partition coefficient (Wildman–Crippen LogP) is 3.12. The summed E-state index contributed by atoms with van der Waals surface area (Å²) in [5.41, 5.74) is 0. The van der Waals surface area contributed by atoms with Crippen molar-refractivity contribution in [2.75, 3.05) is 25.4 Å². The maximum Gasteiger partial charge on any atom is 0.325 e. The van der Waals surface area contributed by atoms with Gasteiger partial charge in [0.2, 0.25) is 5.91 Å². The molecule has 1 aromatic rings. The zero-order chi connectivity index (χ0) is 15.7. The molecule has 0 aliphatic carbocycles. The van der Waals surface area contributed by atoms with Crippen LogP contribution in [0.5, 0.6) is 0 Å².